The Bertz CT molecular complexity index is 681. The van der Waals surface area contributed by atoms with Gasteiger partial charge in [0.2, 0.25) is 5.91 Å². The number of ether oxygens (including phenoxy) is 1. The maximum absolute atomic E-state index is 12.8. The minimum atomic E-state index is -0.279. The van der Waals surface area contributed by atoms with Crippen molar-refractivity contribution in [1.82, 2.24) is 9.88 Å². The van der Waals surface area contributed by atoms with Gasteiger partial charge < -0.3 is 10.5 Å². The summed E-state index contributed by atoms with van der Waals surface area (Å²) in [4.78, 5) is 18.1. The molecule has 0 unspecified atom stereocenters. The zero-order chi connectivity index (χ0) is 16.9. The van der Waals surface area contributed by atoms with Crippen LogP contribution in [0.3, 0.4) is 0 Å². The molecule has 1 aromatic heterocycles. The third kappa shape index (κ3) is 4.52. The number of nitrogens with two attached hydrogens (primary N) is 1. The van der Waals surface area contributed by atoms with Gasteiger partial charge in [0.05, 0.1) is 5.69 Å². The molecule has 3 rings (SSSR count). The second-order valence-corrected chi connectivity index (χ2v) is 6.87. The van der Waals surface area contributed by atoms with E-state index in [2.05, 4.69) is 9.88 Å². The van der Waals surface area contributed by atoms with Gasteiger partial charge in [-0.25, -0.2) is 9.37 Å². The van der Waals surface area contributed by atoms with Crippen LogP contribution in [0.1, 0.15) is 23.5 Å². The van der Waals surface area contributed by atoms with Crippen LogP contribution in [-0.2, 0) is 17.9 Å². The van der Waals surface area contributed by atoms with E-state index in [-0.39, 0.29) is 17.6 Å². The summed E-state index contributed by atoms with van der Waals surface area (Å²) < 4.78 is 18.5. The quantitative estimate of drug-likeness (QED) is 0.870. The van der Waals surface area contributed by atoms with Crippen molar-refractivity contribution < 1.29 is 13.9 Å². The first-order valence-corrected chi connectivity index (χ1v) is 8.81. The monoisotopic (exact) mass is 349 g/mol. The highest BCUT2D eigenvalue weighted by Gasteiger charge is 2.23. The van der Waals surface area contributed by atoms with Crippen molar-refractivity contribution in [2.24, 2.45) is 11.7 Å². The van der Waals surface area contributed by atoms with Crippen LogP contribution in [0, 0.1) is 11.7 Å². The highest BCUT2D eigenvalue weighted by Crippen LogP contribution is 2.20. The molecule has 0 bridgehead atoms. The number of hydrogen-bond acceptors (Lipinski definition) is 5. The molecular weight excluding hydrogens is 329 g/mol. The first kappa shape index (κ1) is 16.9. The van der Waals surface area contributed by atoms with E-state index in [4.69, 9.17) is 10.5 Å². The number of primary amides is 1. The van der Waals surface area contributed by atoms with E-state index >= 15 is 0 Å². The second-order valence-electron chi connectivity index (χ2n) is 5.93. The van der Waals surface area contributed by atoms with Crippen molar-refractivity contribution >= 4 is 17.2 Å². The number of nitrogens with zero attached hydrogens (tertiary/aromatic N) is 2. The van der Waals surface area contributed by atoms with Gasteiger partial charge in [-0.3, -0.25) is 9.69 Å². The maximum atomic E-state index is 12.8. The molecule has 24 heavy (non-hydrogen) atoms. The third-order valence-corrected chi connectivity index (χ3v) is 5.02. The predicted molar refractivity (Wildman–Crippen MR) is 90.0 cm³/mol. The summed E-state index contributed by atoms with van der Waals surface area (Å²) in [6.07, 6.45) is 1.64. The predicted octanol–water partition coefficient (Wildman–Crippen LogP) is 2.56. The zero-order valence-corrected chi connectivity index (χ0v) is 14.1. The Morgan fingerprint density at radius 3 is 2.71 bits per heavy atom. The van der Waals surface area contributed by atoms with Gasteiger partial charge in [-0.15, -0.1) is 11.3 Å². The average molecular weight is 349 g/mol. The number of benzene rings is 1. The highest BCUT2D eigenvalue weighted by molar-refractivity contribution is 7.09. The van der Waals surface area contributed by atoms with Crippen molar-refractivity contribution in [1.29, 1.82) is 0 Å². The molecule has 1 aromatic carbocycles. The summed E-state index contributed by atoms with van der Waals surface area (Å²) in [5, 5.41) is 2.92. The van der Waals surface area contributed by atoms with Crippen LogP contribution in [0.4, 0.5) is 4.39 Å². The number of likely N-dealkylation sites (tertiary alicyclic amines) is 1. The van der Waals surface area contributed by atoms with E-state index < -0.39 is 0 Å². The molecule has 0 saturated carbocycles. The number of thiazole rings is 1. The van der Waals surface area contributed by atoms with E-state index in [1.807, 2.05) is 5.38 Å². The van der Waals surface area contributed by atoms with E-state index in [0.29, 0.717) is 12.4 Å². The Labute approximate surface area is 144 Å². The van der Waals surface area contributed by atoms with Crippen LogP contribution in [0.5, 0.6) is 5.75 Å². The van der Waals surface area contributed by atoms with Crippen LogP contribution >= 0.6 is 11.3 Å². The lowest BCUT2D eigenvalue weighted by molar-refractivity contribution is -0.123. The van der Waals surface area contributed by atoms with Crippen molar-refractivity contribution in [2.75, 3.05) is 13.1 Å². The number of halogens is 1. The smallest absolute Gasteiger partial charge is 0.220 e. The largest absolute Gasteiger partial charge is 0.486 e. The number of carbonyl (C=O) groups excluding carboxylic acids is 1. The molecular formula is C17H20FN3O2S. The lowest BCUT2D eigenvalue weighted by Gasteiger charge is -2.29. The van der Waals surface area contributed by atoms with Crippen molar-refractivity contribution in [3.8, 4) is 5.75 Å². The first-order chi connectivity index (χ1) is 11.6. The van der Waals surface area contributed by atoms with E-state index in [1.165, 1.54) is 12.1 Å². The fourth-order valence-corrected chi connectivity index (χ4v) is 3.46. The Balaban J connectivity index is 1.47. The minimum Gasteiger partial charge on any atom is -0.486 e. The molecule has 0 atom stereocenters. The highest BCUT2D eigenvalue weighted by atomic mass is 32.1. The summed E-state index contributed by atoms with van der Waals surface area (Å²) in [5.74, 6) is 0.167. The molecule has 128 valence electrons. The molecule has 5 nitrogen and oxygen atoms in total. The lowest BCUT2D eigenvalue weighted by atomic mass is 9.96. The summed E-state index contributed by atoms with van der Waals surface area (Å²) in [6.45, 7) is 2.89. The maximum Gasteiger partial charge on any atom is 0.220 e. The average Bonchev–Trinajstić information content (AvgIpc) is 3.02. The van der Waals surface area contributed by atoms with Gasteiger partial charge in [0, 0.05) is 17.8 Å². The Hall–Kier alpha value is -1.99. The molecule has 0 spiro atoms. The lowest BCUT2D eigenvalue weighted by Crippen LogP contribution is -2.38. The molecule has 1 aliphatic heterocycles. The fraction of sp³-hybridized carbons (Fsp3) is 0.412. The van der Waals surface area contributed by atoms with Gasteiger partial charge in [0.15, 0.2) is 0 Å². The summed E-state index contributed by atoms with van der Waals surface area (Å²) in [5.41, 5.74) is 6.36. The van der Waals surface area contributed by atoms with Gasteiger partial charge in [-0.1, -0.05) is 0 Å². The van der Waals surface area contributed by atoms with Crippen LogP contribution < -0.4 is 10.5 Å². The van der Waals surface area contributed by atoms with Gasteiger partial charge in [0.25, 0.3) is 0 Å². The molecule has 2 aromatic rings. The van der Waals surface area contributed by atoms with Gasteiger partial charge >= 0.3 is 0 Å². The number of aromatic nitrogens is 1. The normalized spacial score (nSPS) is 16.2. The third-order valence-electron chi connectivity index (χ3n) is 4.15. The Kier molecular flexibility index (Phi) is 5.42. The summed E-state index contributed by atoms with van der Waals surface area (Å²) in [7, 11) is 0. The zero-order valence-electron chi connectivity index (χ0n) is 13.3. The first-order valence-electron chi connectivity index (χ1n) is 7.93. The van der Waals surface area contributed by atoms with Crippen LogP contribution in [0.15, 0.2) is 29.6 Å². The molecule has 1 saturated heterocycles. The van der Waals surface area contributed by atoms with E-state index in [9.17, 15) is 9.18 Å². The van der Waals surface area contributed by atoms with E-state index in [0.717, 1.165) is 43.2 Å². The molecule has 0 aliphatic carbocycles. The Morgan fingerprint density at radius 2 is 2.04 bits per heavy atom. The molecule has 1 fully saturated rings. The van der Waals surface area contributed by atoms with Crippen LogP contribution in [-0.4, -0.2) is 28.9 Å². The second kappa shape index (κ2) is 7.72. The van der Waals surface area contributed by atoms with Crippen molar-refractivity contribution in [3.63, 3.8) is 0 Å². The molecule has 2 heterocycles. The van der Waals surface area contributed by atoms with Gasteiger partial charge in [0.1, 0.15) is 23.2 Å². The number of amides is 1. The van der Waals surface area contributed by atoms with Gasteiger partial charge in [-0.05, 0) is 50.2 Å². The summed E-state index contributed by atoms with van der Waals surface area (Å²) >= 11 is 1.55. The van der Waals surface area contributed by atoms with Crippen molar-refractivity contribution in [3.05, 3.63) is 46.2 Å². The molecule has 2 N–H and O–H groups in total. The number of rotatable bonds is 6. The van der Waals surface area contributed by atoms with Crippen molar-refractivity contribution in [2.45, 2.75) is 26.0 Å². The van der Waals surface area contributed by atoms with Crippen LogP contribution in [0.25, 0.3) is 0 Å². The van der Waals surface area contributed by atoms with E-state index in [1.54, 1.807) is 23.5 Å². The Morgan fingerprint density at radius 1 is 1.33 bits per heavy atom. The number of carbonyl (C=O) groups is 1. The molecule has 7 heteroatoms. The standard InChI is InChI=1S/C17H20FN3O2S/c18-13-1-3-15(4-2-13)23-10-16-20-14(11-24-16)9-21-7-5-12(6-8-21)17(19)22/h1-4,11-12H,5-10H2,(H2,19,22). The minimum absolute atomic E-state index is 0.0105. The molecule has 1 amide bonds. The van der Waals surface area contributed by atoms with Crippen LogP contribution in [0.2, 0.25) is 0 Å². The SMILES string of the molecule is NC(=O)C1CCN(Cc2csc(COc3ccc(F)cc3)n2)CC1. The molecule has 0 radical (unpaired) electrons. The fourth-order valence-electron chi connectivity index (χ4n) is 2.77. The van der Waals surface area contributed by atoms with Gasteiger partial charge in [-0.2, -0.15) is 0 Å². The topological polar surface area (TPSA) is 68.5 Å². The number of hydrogen-bond donors (Lipinski definition) is 1. The summed E-state index contributed by atoms with van der Waals surface area (Å²) in [6, 6.07) is 5.95. The number of piperidine rings is 1. The molecule has 1 aliphatic rings.